The molecule has 2 atom stereocenters. The number of likely N-dealkylation sites (N-methyl/N-ethyl adjacent to an activating group) is 1. The quantitative estimate of drug-likeness (QED) is 0.260. The predicted molar refractivity (Wildman–Crippen MR) is 165 cm³/mol. The van der Waals surface area contributed by atoms with Gasteiger partial charge in [0.1, 0.15) is 6.04 Å². The normalized spacial score (nSPS) is 18.5. The first-order valence-corrected chi connectivity index (χ1v) is 14.4. The van der Waals surface area contributed by atoms with Crippen molar-refractivity contribution in [2.75, 3.05) is 13.7 Å². The number of aliphatic hydroxyl groups is 1. The van der Waals surface area contributed by atoms with Crippen molar-refractivity contribution in [3.8, 4) is 0 Å². The van der Waals surface area contributed by atoms with Crippen LogP contribution in [-0.2, 0) is 30.8 Å². The van der Waals surface area contributed by atoms with E-state index in [9.17, 15) is 9.90 Å². The maximum Gasteiger partial charge on any atom is 0.243 e. The molecule has 2 unspecified atom stereocenters. The second-order valence-electron chi connectivity index (χ2n) is 11.7. The molecule has 212 valence electrons. The fraction of sp³-hybridized carbons (Fsp3) is 0.306. The van der Waals surface area contributed by atoms with Crippen LogP contribution in [0, 0.1) is 0 Å². The minimum absolute atomic E-state index is 0.0297. The second kappa shape index (κ2) is 12.4. The molecule has 1 aliphatic rings. The summed E-state index contributed by atoms with van der Waals surface area (Å²) < 4.78 is 0. The predicted octanol–water partition coefficient (Wildman–Crippen LogP) is 5.74. The van der Waals surface area contributed by atoms with Crippen molar-refractivity contribution in [3.63, 3.8) is 0 Å². The summed E-state index contributed by atoms with van der Waals surface area (Å²) in [4.78, 5) is 21.0. The van der Waals surface area contributed by atoms with Gasteiger partial charge in [0, 0.05) is 26.7 Å². The Bertz CT molecular complexity index is 1350. The Morgan fingerprint density at radius 2 is 1.12 bits per heavy atom. The van der Waals surface area contributed by atoms with E-state index in [1.54, 1.807) is 0 Å². The van der Waals surface area contributed by atoms with Crippen molar-refractivity contribution < 1.29 is 9.90 Å². The van der Waals surface area contributed by atoms with E-state index in [2.05, 4.69) is 72.2 Å². The molecule has 1 heterocycles. The zero-order chi connectivity index (χ0) is 28.9. The molecule has 0 spiro atoms. The average molecular weight is 548 g/mol. The highest BCUT2D eigenvalue weighted by Gasteiger charge is 2.59. The van der Waals surface area contributed by atoms with Crippen LogP contribution in [0.5, 0.6) is 0 Å². The Hall–Kier alpha value is -3.77. The molecule has 1 aliphatic heterocycles. The van der Waals surface area contributed by atoms with Gasteiger partial charge in [0.2, 0.25) is 5.91 Å². The van der Waals surface area contributed by atoms with Crippen LogP contribution in [0.15, 0.2) is 121 Å². The van der Waals surface area contributed by atoms with Crippen LogP contribution >= 0.6 is 0 Å². The molecule has 1 N–H and O–H groups in total. The Labute approximate surface area is 244 Å². The molecule has 4 aromatic rings. The van der Waals surface area contributed by atoms with Gasteiger partial charge in [-0.2, -0.15) is 0 Å². The lowest BCUT2D eigenvalue weighted by molar-refractivity contribution is -0.135. The molecule has 1 saturated heterocycles. The first-order chi connectivity index (χ1) is 19.8. The van der Waals surface area contributed by atoms with Crippen LogP contribution in [0.2, 0.25) is 0 Å². The van der Waals surface area contributed by atoms with Gasteiger partial charge in [0.05, 0.1) is 17.8 Å². The Morgan fingerprint density at radius 1 is 0.707 bits per heavy atom. The van der Waals surface area contributed by atoms with Gasteiger partial charge in [-0.1, -0.05) is 121 Å². The van der Waals surface area contributed by atoms with Crippen LogP contribution in [0.25, 0.3) is 0 Å². The average Bonchev–Trinajstić information content (AvgIpc) is 3.17. The zero-order valence-electron chi connectivity index (χ0n) is 24.4. The number of amides is 1. The fourth-order valence-electron chi connectivity index (χ4n) is 6.23. The van der Waals surface area contributed by atoms with E-state index in [1.165, 1.54) is 0 Å². The summed E-state index contributed by atoms with van der Waals surface area (Å²) in [5, 5.41) is 11.6. The number of carbonyl (C=O) groups is 1. The van der Waals surface area contributed by atoms with Gasteiger partial charge < -0.3 is 10.0 Å². The minimum atomic E-state index is -0.916. The first-order valence-electron chi connectivity index (χ1n) is 14.4. The van der Waals surface area contributed by atoms with Crippen molar-refractivity contribution in [1.29, 1.82) is 0 Å². The summed E-state index contributed by atoms with van der Waals surface area (Å²) in [5.74, 6) is 0.0297. The zero-order valence-corrected chi connectivity index (χ0v) is 24.4. The molecule has 0 radical (unpaired) electrons. The highest BCUT2D eigenvalue weighted by atomic mass is 16.3. The third-order valence-electron chi connectivity index (χ3n) is 8.79. The number of carbonyl (C=O) groups excluding carboxylic acids is 1. The van der Waals surface area contributed by atoms with Crippen LogP contribution in [0.3, 0.4) is 0 Å². The standard InChI is InChI=1S/C36H41N3O2/c1-35(2)37(3)34(41)33(39(35)27-32-22-14-7-15-23-32)36(28-40,24-29-16-8-4-9-17-29)38(25-30-18-10-5-11-19-30)26-31-20-12-6-13-21-31/h4-23,33,40H,24-28H2,1-3H3. The SMILES string of the molecule is CN1C(=O)C(C(CO)(Cc2ccccc2)N(Cc2ccccc2)Cc2ccccc2)N(Cc2ccccc2)C1(C)C. The highest BCUT2D eigenvalue weighted by Crippen LogP contribution is 2.42. The summed E-state index contributed by atoms with van der Waals surface area (Å²) in [6, 6.07) is 40.7. The molecule has 5 heteroatoms. The summed E-state index contributed by atoms with van der Waals surface area (Å²) in [6.07, 6.45) is 0.523. The van der Waals surface area contributed by atoms with Crippen LogP contribution in [0.1, 0.15) is 36.1 Å². The van der Waals surface area contributed by atoms with E-state index in [4.69, 9.17) is 0 Å². The fourth-order valence-corrected chi connectivity index (χ4v) is 6.23. The van der Waals surface area contributed by atoms with E-state index < -0.39 is 17.2 Å². The smallest absolute Gasteiger partial charge is 0.243 e. The van der Waals surface area contributed by atoms with Crippen molar-refractivity contribution >= 4 is 5.91 Å². The molecule has 1 amide bonds. The van der Waals surface area contributed by atoms with Gasteiger partial charge in [-0.05, 0) is 42.5 Å². The van der Waals surface area contributed by atoms with E-state index in [1.807, 2.05) is 84.7 Å². The summed E-state index contributed by atoms with van der Waals surface area (Å²) in [7, 11) is 1.89. The van der Waals surface area contributed by atoms with E-state index in [0.29, 0.717) is 26.1 Å². The maximum atomic E-state index is 14.5. The van der Waals surface area contributed by atoms with Gasteiger partial charge >= 0.3 is 0 Å². The number of hydrogen-bond donors (Lipinski definition) is 1. The van der Waals surface area contributed by atoms with Crippen molar-refractivity contribution in [3.05, 3.63) is 144 Å². The molecule has 0 saturated carbocycles. The summed E-state index contributed by atoms with van der Waals surface area (Å²) in [6.45, 7) is 5.82. The van der Waals surface area contributed by atoms with Crippen molar-refractivity contribution in [2.45, 2.75) is 57.1 Å². The third-order valence-corrected chi connectivity index (χ3v) is 8.79. The number of hydrogen-bond acceptors (Lipinski definition) is 4. The number of rotatable bonds is 11. The number of aliphatic hydroxyl groups excluding tert-OH is 1. The molecule has 4 aromatic carbocycles. The van der Waals surface area contributed by atoms with E-state index in [0.717, 1.165) is 22.3 Å². The molecule has 5 nitrogen and oxygen atoms in total. The molecule has 5 rings (SSSR count). The molecular weight excluding hydrogens is 506 g/mol. The molecule has 1 fully saturated rings. The monoisotopic (exact) mass is 547 g/mol. The van der Waals surface area contributed by atoms with Gasteiger partial charge in [-0.15, -0.1) is 0 Å². The van der Waals surface area contributed by atoms with Crippen molar-refractivity contribution in [2.24, 2.45) is 0 Å². The van der Waals surface area contributed by atoms with Gasteiger partial charge in [0.25, 0.3) is 0 Å². The first kappa shape index (κ1) is 28.7. The van der Waals surface area contributed by atoms with E-state index >= 15 is 0 Å². The Kier molecular flexibility index (Phi) is 8.69. The largest absolute Gasteiger partial charge is 0.394 e. The summed E-state index contributed by atoms with van der Waals surface area (Å²) in [5.41, 5.74) is 3.04. The van der Waals surface area contributed by atoms with Crippen molar-refractivity contribution in [1.82, 2.24) is 14.7 Å². The topological polar surface area (TPSA) is 47.0 Å². The third kappa shape index (κ3) is 5.98. The van der Waals surface area contributed by atoms with Crippen LogP contribution in [-0.4, -0.2) is 56.6 Å². The number of benzene rings is 4. The van der Waals surface area contributed by atoms with Crippen LogP contribution < -0.4 is 0 Å². The highest BCUT2D eigenvalue weighted by molar-refractivity contribution is 5.86. The molecular formula is C36H41N3O2. The summed E-state index contributed by atoms with van der Waals surface area (Å²) >= 11 is 0. The molecule has 41 heavy (non-hydrogen) atoms. The number of nitrogens with zero attached hydrogens (tertiary/aromatic N) is 3. The van der Waals surface area contributed by atoms with Gasteiger partial charge in [-0.25, -0.2) is 0 Å². The lowest BCUT2D eigenvalue weighted by Gasteiger charge is -2.50. The van der Waals surface area contributed by atoms with Gasteiger partial charge in [-0.3, -0.25) is 14.6 Å². The van der Waals surface area contributed by atoms with E-state index in [-0.39, 0.29) is 12.5 Å². The molecule has 0 bridgehead atoms. The molecule has 0 aromatic heterocycles. The maximum absolute atomic E-state index is 14.5. The Morgan fingerprint density at radius 3 is 1.56 bits per heavy atom. The second-order valence-corrected chi connectivity index (χ2v) is 11.7. The Balaban J connectivity index is 1.69. The lowest BCUT2D eigenvalue weighted by Crippen LogP contribution is -2.66. The van der Waals surface area contributed by atoms with Crippen LogP contribution in [0.4, 0.5) is 0 Å². The lowest BCUT2D eigenvalue weighted by atomic mass is 9.80. The minimum Gasteiger partial charge on any atom is -0.394 e. The molecule has 0 aliphatic carbocycles. The van der Waals surface area contributed by atoms with Gasteiger partial charge in [0.15, 0.2) is 0 Å².